The Kier molecular flexibility index (Phi) is 6.89. The van der Waals surface area contributed by atoms with E-state index in [0.29, 0.717) is 28.5 Å². The molecule has 4 aromatic rings. The Hall–Kier alpha value is -4.22. The second-order valence-electron chi connectivity index (χ2n) is 8.99. The maximum Gasteiger partial charge on any atom is 0.267 e. The Labute approximate surface area is 219 Å². The maximum atomic E-state index is 13.4. The number of benzene rings is 1. The molecule has 0 aliphatic heterocycles. The van der Waals surface area contributed by atoms with Crippen molar-refractivity contribution in [3.05, 3.63) is 81.5 Å². The minimum absolute atomic E-state index is 0.0614. The van der Waals surface area contributed by atoms with E-state index in [1.807, 2.05) is 66.9 Å². The molecule has 3 aromatic heterocycles. The molecule has 8 heteroatoms. The maximum absolute atomic E-state index is 13.4. The fourth-order valence-corrected chi connectivity index (χ4v) is 6.05. The Morgan fingerprint density at radius 2 is 1.95 bits per heavy atom. The Balaban J connectivity index is 1.57. The van der Waals surface area contributed by atoms with E-state index in [1.54, 1.807) is 6.08 Å². The zero-order chi connectivity index (χ0) is 25.9. The summed E-state index contributed by atoms with van der Waals surface area (Å²) >= 11 is 1.44. The van der Waals surface area contributed by atoms with Crippen molar-refractivity contribution < 1.29 is 9.59 Å². The molecule has 5 rings (SSSR count). The highest BCUT2D eigenvalue weighted by Crippen LogP contribution is 2.38. The molecular weight excluding hydrogens is 482 g/mol. The number of pyridine rings is 1. The summed E-state index contributed by atoms with van der Waals surface area (Å²) in [5.41, 5.74) is 5.45. The van der Waals surface area contributed by atoms with Crippen LogP contribution in [0.3, 0.4) is 0 Å². The van der Waals surface area contributed by atoms with Crippen LogP contribution in [0.2, 0.25) is 0 Å². The van der Waals surface area contributed by atoms with Crippen LogP contribution in [0.5, 0.6) is 0 Å². The average Bonchev–Trinajstić information content (AvgIpc) is 3.46. The first kappa shape index (κ1) is 24.5. The largest absolute Gasteiger partial charge is 0.352 e. The number of anilines is 1. The van der Waals surface area contributed by atoms with E-state index in [4.69, 9.17) is 4.98 Å². The fraction of sp³-hybridized carbons (Fsp3) is 0.241. The molecule has 0 radical (unpaired) electrons. The zero-order valence-corrected chi connectivity index (χ0v) is 21.6. The molecule has 3 heterocycles. The van der Waals surface area contributed by atoms with Crippen LogP contribution < -0.4 is 10.6 Å². The van der Waals surface area contributed by atoms with Crippen LogP contribution in [-0.2, 0) is 17.6 Å². The van der Waals surface area contributed by atoms with Gasteiger partial charge in [-0.05, 0) is 62.8 Å². The summed E-state index contributed by atoms with van der Waals surface area (Å²) in [6, 6.07) is 15.7. The Morgan fingerprint density at radius 3 is 2.70 bits per heavy atom. The monoisotopic (exact) mass is 509 g/mol. The van der Waals surface area contributed by atoms with E-state index in [1.165, 1.54) is 11.3 Å². The SMILES string of the molecule is CCNC(=O)c1c(NC(=O)/C(C#N)=C/c2c(-c3ccccc3)nc3c(C)cccn23)sc2c1CCCC2. The van der Waals surface area contributed by atoms with Gasteiger partial charge >= 0.3 is 0 Å². The number of carbonyl (C=O) groups excluding carboxylic acids is 2. The predicted octanol–water partition coefficient (Wildman–Crippen LogP) is 5.55. The van der Waals surface area contributed by atoms with Gasteiger partial charge in [0.25, 0.3) is 11.8 Å². The number of aromatic nitrogens is 2. The number of carbonyl (C=O) groups is 2. The first-order valence-electron chi connectivity index (χ1n) is 12.4. The molecular formula is C29H27N5O2S. The van der Waals surface area contributed by atoms with E-state index < -0.39 is 5.91 Å². The third kappa shape index (κ3) is 4.66. The summed E-state index contributed by atoms with van der Waals surface area (Å²) in [5, 5.41) is 16.3. The van der Waals surface area contributed by atoms with Gasteiger partial charge in [-0.15, -0.1) is 11.3 Å². The first-order chi connectivity index (χ1) is 18.0. The number of thiophene rings is 1. The standard InChI is InChI=1S/C29H27N5O2S/c1-3-31-28(36)24-21-13-7-8-14-23(21)37-29(24)33-27(35)20(17-30)16-22-25(19-11-5-4-6-12-19)32-26-18(2)10-9-15-34(22)26/h4-6,9-12,15-16H,3,7-8,13-14H2,1-2H3,(H,31,36)(H,33,35)/b20-16+. The third-order valence-corrected chi connectivity index (χ3v) is 7.75. The van der Waals surface area contributed by atoms with Gasteiger partial charge < -0.3 is 10.6 Å². The van der Waals surface area contributed by atoms with Crippen molar-refractivity contribution in [3.63, 3.8) is 0 Å². The lowest BCUT2D eigenvalue weighted by Gasteiger charge is -2.12. The molecule has 2 amide bonds. The van der Waals surface area contributed by atoms with Gasteiger partial charge in [0, 0.05) is 23.2 Å². The molecule has 0 saturated carbocycles. The summed E-state index contributed by atoms with van der Waals surface area (Å²) in [7, 11) is 0. The number of imidazole rings is 1. The van der Waals surface area contributed by atoms with E-state index in [-0.39, 0.29) is 11.5 Å². The molecule has 0 unspecified atom stereocenters. The molecule has 1 aliphatic carbocycles. The second kappa shape index (κ2) is 10.4. The second-order valence-corrected chi connectivity index (χ2v) is 10.1. The van der Waals surface area contributed by atoms with Crippen LogP contribution in [0.15, 0.2) is 54.2 Å². The number of fused-ring (bicyclic) bond motifs is 2. The number of rotatable bonds is 6. The lowest BCUT2D eigenvalue weighted by atomic mass is 9.95. The molecule has 0 fully saturated rings. The van der Waals surface area contributed by atoms with E-state index in [2.05, 4.69) is 16.7 Å². The van der Waals surface area contributed by atoms with Crippen LogP contribution in [-0.4, -0.2) is 27.7 Å². The summed E-state index contributed by atoms with van der Waals surface area (Å²) in [5.74, 6) is -0.739. The molecule has 0 bridgehead atoms. The van der Waals surface area contributed by atoms with Crippen molar-refractivity contribution in [1.29, 1.82) is 5.26 Å². The van der Waals surface area contributed by atoms with Crippen molar-refractivity contribution in [2.24, 2.45) is 0 Å². The number of hydrogen-bond donors (Lipinski definition) is 2. The van der Waals surface area contributed by atoms with Crippen molar-refractivity contribution in [1.82, 2.24) is 14.7 Å². The summed E-state index contributed by atoms with van der Waals surface area (Å²) in [4.78, 5) is 32.3. The smallest absolute Gasteiger partial charge is 0.267 e. The van der Waals surface area contributed by atoms with Gasteiger partial charge in [-0.25, -0.2) is 4.98 Å². The number of nitrogens with one attached hydrogen (secondary N) is 2. The van der Waals surface area contributed by atoms with Gasteiger partial charge in [0.15, 0.2) is 0 Å². The highest BCUT2D eigenvalue weighted by Gasteiger charge is 2.27. The molecule has 7 nitrogen and oxygen atoms in total. The summed E-state index contributed by atoms with van der Waals surface area (Å²) < 4.78 is 1.90. The first-order valence-corrected chi connectivity index (χ1v) is 13.2. The van der Waals surface area contributed by atoms with Crippen LogP contribution in [0.4, 0.5) is 5.00 Å². The van der Waals surface area contributed by atoms with Crippen LogP contribution in [0.25, 0.3) is 23.0 Å². The number of nitrogens with zero attached hydrogens (tertiary/aromatic N) is 3. The average molecular weight is 510 g/mol. The molecule has 2 N–H and O–H groups in total. The predicted molar refractivity (Wildman–Crippen MR) is 147 cm³/mol. The van der Waals surface area contributed by atoms with Gasteiger partial charge in [0.05, 0.1) is 17.0 Å². The van der Waals surface area contributed by atoms with Crippen molar-refractivity contribution in [3.8, 4) is 17.3 Å². The van der Waals surface area contributed by atoms with Gasteiger partial charge in [-0.1, -0.05) is 36.4 Å². The molecule has 186 valence electrons. The highest BCUT2D eigenvalue weighted by molar-refractivity contribution is 7.17. The quantitative estimate of drug-likeness (QED) is 0.263. The van der Waals surface area contributed by atoms with Crippen LogP contribution in [0.1, 0.15) is 51.8 Å². The Bertz CT molecular complexity index is 1570. The summed E-state index contributed by atoms with van der Waals surface area (Å²) in [6.45, 7) is 4.34. The number of aryl methyl sites for hydroxylation is 2. The van der Waals surface area contributed by atoms with Crippen molar-refractivity contribution in [2.75, 3.05) is 11.9 Å². The van der Waals surface area contributed by atoms with Gasteiger partial charge in [-0.2, -0.15) is 5.26 Å². The van der Waals surface area contributed by atoms with Gasteiger partial charge in [0.2, 0.25) is 0 Å². The van der Waals surface area contributed by atoms with E-state index in [9.17, 15) is 14.9 Å². The number of hydrogen-bond acceptors (Lipinski definition) is 5. The number of amides is 2. The molecule has 0 spiro atoms. The van der Waals surface area contributed by atoms with E-state index in [0.717, 1.165) is 52.9 Å². The lowest BCUT2D eigenvalue weighted by molar-refractivity contribution is -0.112. The molecule has 1 aromatic carbocycles. The Morgan fingerprint density at radius 1 is 1.16 bits per heavy atom. The molecule has 1 aliphatic rings. The topological polar surface area (TPSA) is 99.3 Å². The minimum atomic E-state index is -0.548. The van der Waals surface area contributed by atoms with Gasteiger partial charge in [0.1, 0.15) is 22.3 Å². The van der Waals surface area contributed by atoms with Crippen molar-refractivity contribution >= 4 is 39.9 Å². The minimum Gasteiger partial charge on any atom is -0.352 e. The summed E-state index contributed by atoms with van der Waals surface area (Å²) in [6.07, 6.45) is 7.25. The lowest BCUT2D eigenvalue weighted by Crippen LogP contribution is -2.25. The number of nitriles is 1. The van der Waals surface area contributed by atoms with E-state index >= 15 is 0 Å². The van der Waals surface area contributed by atoms with Gasteiger partial charge in [-0.3, -0.25) is 14.0 Å². The third-order valence-electron chi connectivity index (χ3n) is 6.54. The van der Waals surface area contributed by atoms with Crippen molar-refractivity contribution in [2.45, 2.75) is 39.5 Å². The fourth-order valence-electron chi connectivity index (χ4n) is 4.77. The van der Waals surface area contributed by atoms with Crippen LogP contribution in [0, 0.1) is 18.3 Å². The normalized spacial score (nSPS) is 13.2. The zero-order valence-electron chi connectivity index (χ0n) is 20.8. The molecule has 0 atom stereocenters. The molecule has 0 saturated heterocycles. The molecule has 37 heavy (non-hydrogen) atoms. The van der Waals surface area contributed by atoms with Crippen LogP contribution >= 0.6 is 11.3 Å². The highest BCUT2D eigenvalue weighted by atomic mass is 32.1.